The average molecular weight is 438 g/mol. The Kier molecular flexibility index (Phi) is 5.54. The van der Waals surface area contributed by atoms with Gasteiger partial charge in [-0.1, -0.05) is 0 Å². The van der Waals surface area contributed by atoms with Crippen molar-refractivity contribution in [1.29, 1.82) is 0 Å². The van der Waals surface area contributed by atoms with E-state index in [0.29, 0.717) is 16.8 Å². The maximum absolute atomic E-state index is 12.6. The SMILES string of the molecule is CCOc1cc([C@H]2NC(=O)NC(c3cccnc3)=C2c2ccsc2)cc([N+](=O)[O-])c1O. The van der Waals surface area contributed by atoms with Crippen LogP contribution in [-0.2, 0) is 0 Å². The lowest BCUT2D eigenvalue weighted by Crippen LogP contribution is -2.43. The lowest BCUT2D eigenvalue weighted by atomic mass is 9.89. The first kappa shape index (κ1) is 20.4. The number of hydrogen-bond acceptors (Lipinski definition) is 7. The number of ether oxygens (including phenoxy) is 1. The Morgan fingerprint density at radius 2 is 2.16 bits per heavy atom. The molecule has 0 aliphatic carbocycles. The van der Waals surface area contributed by atoms with Crippen molar-refractivity contribution in [3.8, 4) is 11.5 Å². The molecule has 31 heavy (non-hydrogen) atoms. The molecule has 9 nitrogen and oxygen atoms in total. The predicted molar refractivity (Wildman–Crippen MR) is 116 cm³/mol. The van der Waals surface area contributed by atoms with Gasteiger partial charge in [-0.15, -0.1) is 0 Å². The summed E-state index contributed by atoms with van der Waals surface area (Å²) < 4.78 is 5.42. The van der Waals surface area contributed by atoms with Crippen LogP contribution in [0.15, 0.2) is 53.5 Å². The van der Waals surface area contributed by atoms with E-state index in [0.717, 1.165) is 11.1 Å². The van der Waals surface area contributed by atoms with Crippen molar-refractivity contribution >= 4 is 34.3 Å². The third-order valence-electron chi connectivity index (χ3n) is 4.76. The number of pyridine rings is 1. The smallest absolute Gasteiger partial charge is 0.320 e. The molecule has 3 N–H and O–H groups in total. The van der Waals surface area contributed by atoms with E-state index in [9.17, 15) is 20.0 Å². The molecule has 1 atom stereocenters. The topological polar surface area (TPSA) is 127 Å². The normalized spacial score (nSPS) is 15.9. The average Bonchev–Trinajstić information content (AvgIpc) is 3.29. The second-order valence-corrected chi connectivity index (χ2v) is 7.43. The fraction of sp³-hybridized carbons (Fsp3) is 0.143. The van der Waals surface area contributed by atoms with E-state index >= 15 is 0 Å². The first-order valence-corrected chi connectivity index (χ1v) is 10.3. The first-order chi connectivity index (χ1) is 15.0. The van der Waals surface area contributed by atoms with Crippen LogP contribution >= 0.6 is 11.3 Å². The number of benzene rings is 1. The number of thiophene rings is 1. The van der Waals surface area contributed by atoms with Crippen LogP contribution in [0.5, 0.6) is 11.5 Å². The van der Waals surface area contributed by atoms with Gasteiger partial charge in [0.25, 0.3) is 0 Å². The Labute approximate surface area is 181 Å². The number of rotatable bonds is 6. The molecule has 0 unspecified atom stereocenters. The zero-order valence-corrected chi connectivity index (χ0v) is 17.2. The van der Waals surface area contributed by atoms with Crippen molar-refractivity contribution in [2.24, 2.45) is 0 Å². The molecular formula is C21H18N4O5S. The highest BCUT2D eigenvalue weighted by Crippen LogP contribution is 2.44. The number of aromatic hydroxyl groups is 1. The van der Waals surface area contributed by atoms with E-state index in [1.807, 2.05) is 22.9 Å². The molecular weight excluding hydrogens is 420 g/mol. The van der Waals surface area contributed by atoms with Gasteiger partial charge in [-0.05, 0) is 53.1 Å². The molecule has 3 aromatic rings. The van der Waals surface area contributed by atoms with Crippen molar-refractivity contribution in [3.63, 3.8) is 0 Å². The first-order valence-electron chi connectivity index (χ1n) is 9.38. The van der Waals surface area contributed by atoms with Gasteiger partial charge in [0.2, 0.25) is 5.75 Å². The van der Waals surface area contributed by atoms with Gasteiger partial charge >= 0.3 is 11.7 Å². The number of phenolic OH excluding ortho intramolecular Hbond substituents is 1. The number of carbonyl (C=O) groups excluding carboxylic acids is 1. The van der Waals surface area contributed by atoms with Crippen LogP contribution < -0.4 is 15.4 Å². The number of amides is 2. The highest BCUT2D eigenvalue weighted by atomic mass is 32.1. The molecule has 0 fully saturated rings. The van der Waals surface area contributed by atoms with Crippen molar-refractivity contribution in [2.75, 3.05) is 6.61 Å². The molecule has 1 aliphatic heterocycles. The Morgan fingerprint density at radius 3 is 2.81 bits per heavy atom. The molecule has 10 heteroatoms. The van der Waals surface area contributed by atoms with Crippen molar-refractivity contribution in [1.82, 2.24) is 15.6 Å². The highest BCUT2D eigenvalue weighted by molar-refractivity contribution is 7.08. The predicted octanol–water partition coefficient (Wildman–Crippen LogP) is 4.08. The number of phenols is 1. The van der Waals surface area contributed by atoms with Gasteiger partial charge in [-0.2, -0.15) is 11.3 Å². The highest BCUT2D eigenvalue weighted by Gasteiger charge is 2.33. The Bertz CT molecular complexity index is 1160. The third-order valence-corrected chi connectivity index (χ3v) is 5.44. The number of nitro groups is 1. The van der Waals surface area contributed by atoms with Crippen LogP contribution in [0.2, 0.25) is 0 Å². The second kappa shape index (κ2) is 8.44. The summed E-state index contributed by atoms with van der Waals surface area (Å²) in [5.74, 6) is -0.573. The van der Waals surface area contributed by atoms with Crippen LogP contribution in [0.3, 0.4) is 0 Å². The molecule has 2 amide bonds. The Balaban J connectivity index is 1.96. The molecule has 0 radical (unpaired) electrons. The van der Waals surface area contributed by atoms with E-state index in [2.05, 4.69) is 15.6 Å². The lowest BCUT2D eigenvalue weighted by molar-refractivity contribution is -0.386. The Morgan fingerprint density at radius 1 is 1.32 bits per heavy atom. The molecule has 0 spiro atoms. The van der Waals surface area contributed by atoms with Gasteiger partial charge in [-0.25, -0.2) is 4.79 Å². The standard InChI is InChI=1S/C21H18N4O5S/c1-2-30-16-9-14(8-15(20(16)26)25(28)29)19-17(13-5-7-31-11-13)18(23-21(27)24-19)12-4-3-6-22-10-12/h3-11,19,26H,2H2,1H3,(H2,23,24,27)/t19-/m1/s1. The number of carbonyl (C=O) groups is 1. The summed E-state index contributed by atoms with van der Waals surface area (Å²) in [7, 11) is 0. The van der Waals surface area contributed by atoms with Gasteiger partial charge in [0, 0.05) is 29.6 Å². The molecule has 1 aromatic carbocycles. The summed E-state index contributed by atoms with van der Waals surface area (Å²) >= 11 is 1.49. The van der Waals surface area contributed by atoms with Crippen LogP contribution in [0, 0.1) is 10.1 Å². The van der Waals surface area contributed by atoms with Gasteiger partial charge in [0.05, 0.1) is 23.3 Å². The Hall–Kier alpha value is -3.92. The summed E-state index contributed by atoms with van der Waals surface area (Å²) in [4.78, 5) is 27.6. The van der Waals surface area contributed by atoms with E-state index in [1.54, 1.807) is 25.4 Å². The van der Waals surface area contributed by atoms with E-state index in [1.165, 1.54) is 23.5 Å². The van der Waals surface area contributed by atoms with Crippen molar-refractivity contribution in [2.45, 2.75) is 13.0 Å². The van der Waals surface area contributed by atoms with Crippen molar-refractivity contribution < 1.29 is 19.6 Å². The molecule has 0 bridgehead atoms. The molecule has 0 saturated carbocycles. The minimum absolute atomic E-state index is 0.0212. The largest absolute Gasteiger partial charge is 0.500 e. The lowest BCUT2D eigenvalue weighted by Gasteiger charge is -2.30. The third kappa shape index (κ3) is 3.92. The van der Waals surface area contributed by atoms with E-state index in [4.69, 9.17) is 4.74 Å². The fourth-order valence-electron chi connectivity index (χ4n) is 3.47. The molecule has 1 aliphatic rings. The van der Waals surface area contributed by atoms with Crippen LogP contribution in [0.25, 0.3) is 11.3 Å². The summed E-state index contributed by atoms with van der Waals surface area (Å²) in [6.45, 7) is 1.92. The van der Waals surface area contributed by atoms with Gasteiger partial charge in [0.15, 0.2) is 5.75 Å². The molecule has 0 saturated heterocycles. The van der Waals surface area contributed by atoms with Crippen LogP contribution in [0.4, 0.5) is 10.5 Å². The quantitative estimate of drug-likeness (QED) is 0.393. The summed E-state index contributed by atoms with van der Waals surface area (Å²) in [5, 5.41) is 31.3. The van der Waals surface area contributed by atoms with E-state index in [-0.39, 0.29) is 12.4 Å². The number of nitro benzene ring substituents is 1. The van der Waals surface area contributed by atoms with Crippen molar-refractivity contribution in [3.05, 3.63) is 80.3 Å². The number of nitrogens with zero attached hydrogens (tertiary/aromatic N) is 2. The minimum Gasteiger partial charge on any atom is -0.500 e. The maximum atomic E-state index is 12.6. The summed E-state index contributed by atoms with van der Waals surface area (Å²) in [6.07, 6.45) is 3.27. The summed E-state index contributed by atoms with van der Waals surface area (Å²) in [6, 6.07) is 7.06. The molecule has 3 heterocycles. The zero-order chi connectivity index (χ0) is 22.0. The van der Waals surface area contributed by atoms with Gasteiger partial charge < -0.3 is 20.5 Å². The maximum Gasteiger partial charge on any atom is 0.320 e. The number of aromatic nitrogens is 1. The van der Waals surface area contributed by atoms with Gasteiger partial charge in [0.1, 0.15) is 0 Å². The number of urea groups is 1. The molecule has 4 rings (SSSR count). The van der Waals surface area contributed by atoms with E-state index < -0.39 is 28.4 Å². The number of hydrogen-bond donors (Lipinski definition) is 3. The fourth-order valence-corrected chi connectivity index (χ4v) is 4.12. The monoisotopic (exact) mass is 438 g/mol. The van der Waals surface area contributed by atoms with Crippen LogP contribution in [0.1, 0.15) is 29.7 Å². The molecule has 2 aromatic heterocycles. The van der Waals surface area contributed by atoms with Gasteiger partial charge in [-0.3, -0.25) is 15.1 Å². The minimum atomic E-state index is -0.725. The van der Waals surface area contributed by atoms with Crippen LogP contribution in [-0.4, -0.2) is 27.7 Å². The number of nitrogens with one attached hydrogen (secondary N) is 2. The summed E-state index contributed by atoms with van der Waals surface area (Å²) in [5.41, 5.74) is 2.72. The zero-order valence-electron chi connectivity index (χ0n) is 16.4. The second-order valence-electron chi connectivity index (χ2n) is 6.65. The molecule has 158 valence electrons.